The summed E-state index contributed by atoms with van der Waals surface area (Å²) in [7, 11) is 1.63. The number of benzene rings is 1. The molecular formula is C16H26N2O2. The van der Waals surface area contributed by atoms with Crippen LogP contribution in [0.5, 0.6) is 0 Å². The lowest BCUT2D eigenvalue weighted by Gasteiger charge is -2.31. The molecule has 112 valence electrons. The Hall–Kier alpha value is -1.55. The summed E-state index contributed by atoms with van der Waals surface area (Å²) in [6, 6.07) is 7.77. The number of nitrogens with zero attached hydrogens (tertiary/aromatic N) is 1. The van der Waals surface area contributed by atoms with Gasteiger partial charge in [0, 0.05) is 25.4 Å². The molecule has 1 aromatic carbocycles. The van der Waals surface area contributed by atoms with Crippen LogP contribution in [0.2, 0.25) is 0 Å². The molecule has 0 atom stereocenters. The first-order valence-electron chi connectivity index (χ1n) is 6.95. The second kappa shape index (κ2) is 6.75. The topological polar surface area (TPSA) is 55.6 Å². The van der Waals surface area contributed by atoms with Gasteiger partial charge in [0.2, 0.25) is 5.91 Å². The van der Waals surface area contributed by atoms with E-state index in [4.69, 9.17) is 10.5 Å². The van der Waals surface area contributed by atoms with Crippen LogP contribution in [-0.2, 0) is 16.1 Å². The lowest BCUT2D eigenvalue weighted by Crippen LogP contribution is -2.40. The number of ether oxygens (including phenoxy) is 1. The summed E-state index contributed by atoms with van der Waals surface area (Å²) >= 11 is 0. The van der Waals surface area contributed by atoms with Gasteiger partial charge in [0.05, 0.1) is 12.0 Å². The van der Waals surface area contributed by atoms with Crippen LogP contribution in [0.1, 0.15) is 39.7 Å². The number of rotatable bonds is 6. The Morgan fingerprint density at radius 1 is 1.35 bits per heavy atom. The molecule has 0 aromatic heterocycles. The molecule has 20 heavy (non-hydrogen) atoms. The second-order valence-electron chi connectivity index (χ2n) is 5.95. The fraction of sp³-hybridized carbons (Fsp3) is 0.562. The van der Waals surface area contributed by atoms with Crippen LogP contribution < -0.4 is 5.73 Å². The van der Waals surface area contributed by atoms with Crippen molar-refractivity contribution in [1.82, 2.24) is 4.90 Å². The summed E-state index contributed by atoms with van der Waals surface area (Å²) in [5, 5.41) is 0. The number of carbonyl (C=O) groups is 1. The van der Waals surface area contributed by atoms with Gasteiger partial charge < -0.3 is 15.4 Å². The molecule has 0 saturated carbocycles. The number of methoxy groups -OCH3 is 1. The quantitative estimate of drug-likeness (QED) is 0.814. The highest BCUT2D eigenvalue weighted by Crippen LogP contribution is 2.20. The summed E-state index contributed by atoms with van der Waals surface area (Å²) in [5.74, 6) is 0.0788. The van der Waals surface area contributed by atoms with Gasteiger partial charge in [-0.3, -0.25) is 4.79 Å². The summed E-state index contributed by atoms with van der Waals surface area (Å²) < 4.78 is 5.34. The van der Waals surface area contributed by atoms with Crippen molar-refractivity contribution in [2.75, 3.05) is 12.8 Å². The van der Waals surface area contributed by atoms with Crippen molar-refractivity contribution in [2.24, 2.45) is 0 Å². The van der Waals surface area contributed by atoms with E-state index in [1.807, 2.05) is 56.9 Å². The first kappa shape index (κ1) is 16.5. The molecule has 0 saturated heterocycles. The van der Waals surface area contributed by atoms with E-state index in [1.54, 1.807) is 7.11 Å². The van der Waals surface area contributed by atoms with E-state index in [0.29, 0.717) is 13.0 Å². The molecule has 0 aliphatic heterocycles. The zero-order valence-electron chi connectivity index (χ0n) is 13.1. The Balaban J connectivity index is 2.85. The van der Waals surface area contributed by atoms with E-state index in [-0.39, 0.29) is 11.9 Å². The number of carbonyl (C=O) groups excluding carboxylic acids is 1. The molecule has 1 rings (SSSR count). The Bertz CT molecular complexity index is 456. The number of para-hydroxylation sites is 1. The molecule has 0 bridgehead atoms. The monoisotopic (exact) mass is 278 g/mol. The number of hydrogen-bond acceptors (Lipinski definition) is 3. The Morgan fingerprint density at radius 3 is 2.45 bits per heavy atom. The SMILES string of the molecule is COC(C)(C)CC(=O)N(Cc1ccccc1N)C(C)C. The van der Waals surface area contributed by atoms with E-state index in [1.165, 1.54) is 0 Å². The van der Waals surface area contributed by atoms with E-state index in [2.05, 4.69) is 0 Å². The molecule has 0 unspecified atom stereocenters. The highest BCUT2D eigenvalue weighted by atomic mass is 16.5. The van der Waals surface area contributed by atoms with Gasteiger partial charge in [0.25, 0.3) is 0 Å². The molecular weight excluding hydrogens is 252 g/mol. The first-order chi connectivity index (χ1) is 9.26. The number of hydrogen-bond donors (Lipinski definition) is 1. The lowest BCUT2D eigenvalue weighted by molar-refractivity contribution is -0.138. The molecule has 1 aromatic rings. The van der Waals surface area contributed by atoms with Gasteiger partial charge in [-0.25, -0.2) is 0 Å². The fourth-order valence-corrected chi connectivity index (χ4v) is 1.96. The zero-order valence-corrected chi connectivity index (χ0v) is 13.1. The maximum atomic E-state index is 12.5. The highest BCUT2D eigenvalue weighted by Gasteiger charge is 2.26. The third kappa shape index (κ3) is 4.53. The second-order valence-corrected chi connectivity index (χ2v) is 5.95. The molecule has 0 spiro atoms. The third-order valence-electron chi connectivity index (χ3n) is 3.47. The number of nitrogens with two attached hydrogens (primary N) is 1. The Labute approximate surface area is 121 Å². The van der Waals surface area contributed by atoms with Gasteiger partial charge in [-0.1, -0.05) is 18.2 Å². The molecule has 0 fully saturated rings. The van der Waals surface area contributed by atoms with Crippen molar-refractivity contribution >= 4 is 11.6 Å². The maximum Gasteiger partial charge on any atom is 0.225 e. The van der Waals surface area contributed by atoms with E-state index in [9.17, 15) is 4.79 Å². The molecule has 4 nitrogen and oxygen atoms in total. The normalized spacial score (nSPS) is 11.7. The minimum atomic E-state index is -0.452. The van der Waals surface area contributed by atoms with E-state index >= 15 is 0 Å². The minimum Gasteiger partial charge on any atom is -0.398 e. The van der Waals surface area contributed by atoms with E-state index in [0.717, 1.165) is 11.3 Å². The van der Waals surface area contributed by atoms with Crippen LogP contribution in [0.15, 0.2) is 24.3 Å². The lowest BCUT2D eigenvalue weighted by atomic mass is 10.0. The smallest absolute Gasteiger partial charge is 0.225 e. The summed E-state index contributed by atoms with van der Waals surface area (Å²) in [4.78, 5) is 14.3. The molecule has 0 radical (unpaired) electrons. The Morgan fingerprint density at radius 2 is 1.95 bits per heavy atom. The molecule has 0 heterocycles. The summed E-state index contributed by atoms with van der Waals surface area (Å²) in [6.07, 6.45) is 0.356. The van der Waals surface area contributed by atoms with Gasteiger partial charge in [0.15, 0.2) is 0 Å². The largest absolute Gasteiger partial charge is 0.398 e. The maximum absolute atomic E-state index is 12.5. The molecule has 0 aliphatic rings. The Kier molecular flexibility index (Phi) is 5.57. The van der Waals surface area contributed by atoms with Crippen molar-refractivity contribution < 1.29 is 9.53 Å². The van der Waals surface area contributed by atoms with Gasteiger partial charge >= 0.3 is 0 Å². The standard InChI is InChI=1S/C16H26N2O2/c1-12(2)18(15(19)10-16(3,4)20-5)11-13-8-6-7-9-14(13)17/h6-9,12H,10-11,17H2,1-5H3. The van der Waals surface area contributed by atoms with Crippen molar-refractivity contribution in [1.29, 1.82) is 0 Å². The number of amides is 1. The molecule has 4 heteroatoms. The molecule has 1 amide bonds. The fourth-order valence-electron chi connectivity index (χ4n) is 1.96. The van der Waals surface area contributed by atoms with E-state index < -0.39 is 5.60 Å². The van der Waals surface area contributed by atoms with Crippen LogP contribution in [0.4, 0.5) is 5.69 Å². The van der Waals surface area contributed by atoms with Gasteiger partial charge in [-0.05, 0) is 39.3 Å². The zero-order chi connectivity index (χ0) is 15.3. The van der Waals surface area contributed by atoms with Gasteiger partial charge in [-0.15, -0.1) is 0 Å². The number of anilines is 1. The van der Waals surface area contributed by atoms with Crippen LogP contribution in [0.3, 0.4) is 0 Å². The van der Waals surface area contributed by atoms with Crippen molar-refractivity contribution in [3.8, 4) is 0 Å². The predicted molar refractivity (Wildman–Crippen MR) is 82.2 cm³/mol. The molecule has 0 aliphatic carbocycles. The van der Waals surface area contributed by atoms with Gasteiger partial charge in [-0.2, -0.15) is 0 Å². The van der Waals surface area contributed by atoms with Crippen molar-refractivity contribution in [3.05, 3.63) is 29.8 Å². The van der Waals surface area contributed by atoms with Crippen LogP contribution in [-0.4, -0.2) is 29.6 Å². The van der Waals surface area contributed by atoms with Crippen LogP contribution in [0, 0.1) is 0 Å². The highest BCUT2D eigenvalue weighted by molar-refractivity contribution is 5.77. The van der Waals surface area contributed by atoms with Crippen LogP contribution in [0.25, 0.3) is 0 Å². The predicted octanol–water partition coefficient (Wildman–Crippen LogP) is 2.82. The third-order valence-corrected chi connectivity index (χ3v) is 3.47. The van der Waals surface area contributed by atoms with Crippen LogP contribution >= 0.6 is 0 Å². The van der Waals surface area contributed by atoms with Crippen molar-refractivity contribution in [3.63, 3.8) is 0 Å². The first-order valence-corrected chi connectivity index (χ1v) is 6.95. The average molecular weight is 278 g/mol. The summed E-state index contributed by atoms with van der Waals surface area (Å²) in [5.41, 5.74) is 7.20. The average Bonchev–Trinajstić information content (AvgIpc) is 2.36. The summed E-state index contributed by atoms with van der Waals surface area (Å²) in [6.45, 7) is 8.39. The number of nitrogen functional groups attached to an aromatic ring is 1. The molecule has 2 N–H and O–H groups in total. The van der Waals surface area contributed by atoms with Gasteiger partial charge in [0.1, 0.15) is 0 Å². The minimum absolute atomic E-state index is 0.0788. The van der Waals surface area contributed by atoms with Crippen molar-refractivity contribution in [2.45, 2.75) is 52.3 Å².